The van der Waals surface area contributed by atoms with E-state index in [-0.39, 0.29) is 23.0 Å². The predicted molar refractivity (Wildman–Crippen MR) is 121 cm³/mol. The number of aliphatic imine (C=N–C) groups is 1. The third-order valence-electron chi connectivity index (χ3n) is 4.83. The van der Waals surface area contributed by atoms with Gasteiger partial charge in [-0.1, -0.05) is 44.4 Å². The summed E-state index contributed by atoms with van der Waals surface area (Å²) < 4.78 is 0. The highest BCUT2D eigenvalue weighted by molar-refractivity contribution is 7.99. The van der Waals surface area contributed by atoms with Crippen molar-refractivity contribution >= 4 is 35.0 Å². The van der Waals surface area contributed by atoms with E-state index in [0.717, 1.165) is 22.6 Å². The average molecular weight is 421 g/mol. The molecule has 2 heterocycles. The fraction of sp³-hybridized carbons (Fsp3) is 0.333. The van der Waals surface area contributed by atoms with E-state index in [1.807, 2.05) is 30.5 Å². The lowest BCUT2D eigenvalue weighted by molar-refractivity contribution is 0.706. The second-order valence-electron chi connectivity index (χ2n) is 6.85. The van der Waals surface area contributed by atoms with E-state index >= 15 is 0 Å². The van der Waals surface area contributed by atoms with E-state index in [9.17, 15) is 5.26 Å². The molecule has 1 aliphatic heterocycles. The molecule has 0 bridgehead atoms. The lowest BCUT2D eigenvalue weighted by Gasteiger charge is -2.27. The van der Waals surface area contributed by atoms with Gasteiger partial charge < -0.3 is 16.8 Å². The van der Waals surface area contributed by atoms with Crippen molar-refractivity contribution in [3.05, 3.63) is 41.0 Å². The maximum absolute atomic E-state index is 9.47. The molecule has 1 aliphatic rings. The third kappa shape index (κ3) is 4.42. The molecule has 0 radical (unpaired) electrons. The zero-order valence-electron chi connectivity index (χ0n) is 16.8. The molecule has 8 nitrogen and oxygen atoms in total. The van der Waals surface area contributed by atoms with E-state index < -0.39 is 6.04 Å². The molecule has 30 heavy (non-hydrogen) atoms. The molecule has 6 N–H and O–H groups in total. The molecule has 0 saturated carbocycles. The highest BCUT2D eigenvalue weighted by Crippen LogP contribution is 2.43. The Morgan fingerprint density at radius 1 is 1.20 bits per heavy atom. The van der Waals surface area contributed by atoms with Crippen molar-refractivity contribution in [3.8, 4) is 12.3 Å². The minimum atomic E-state index is -0.517. The standard InChI is InChI=1S/C21H24N8S/c1-2-3-4-7-10-30-15-9-6-5-8-13(15)18-16-17(24)14(11-22)19(25)28-20(16)29-21(27-18)26-12-23/h5-6,8-9,18H,2-4,7,10H2,1H3,(H6,24,25,26,27,28,29). The van der Waals surface area contributed by atoms with Gasteiger partial charge in [0.15, 0.2) is 6.19 Å². The van der Waals surface area contributed by atoms with E-state index in [0.29, 0.717) is 11.4 Å². The minimum Gasteiger partial charge on any atom is -0.397 e. The highest BCUT2D eigenvalue weighted by Gasteiger charge is 2.30. The number of hydrogen-bond donors (Lipinski definition) is 4. The number of nitrogens with two attached hydrogens (primary N) is 2. The van der Waals surface area contributed by atoms with Crippen LogP contribution in [0.5, 0.6) is 0 Å². The summed E-state index contributed by atoms with van der Waals surface area (Å²) >= 11 is 1.77. The molecule has 1 unspecified atom stereocenters. The Bertz CT molecular complexity index is 1030. The van der Waals surface area contributed by atoms with Crippen LogP contribution in [-0.4, -0.2) is 16.7 Å². The van der Waals surface area contributed by atoms with Crippen LogP contribution >= 0.6 is 11.8 Å². The van der Waals surface area contributed by atoms with E-state index in [1.165, 1.54) is 19.3 Å². The van der Waals surface area contributed by atoms with E-state index in [1.54, 1.807) is 11.8 Å². The second-order valence-corrected chi connectivity index (χ2v) is 7.99. The van der Waals surface area contributed by atoms with Crippen molar-refractivity contribution in [1.82, 2.24) is 10.3 Å². The van der Waals surface area contributed by atoms with Crippen LogP contribution in [0.1, 0.15) is 55.3 Å². The Balaban J connectivity index is 2.04. The van der Waals surface area contributed by atoms with Gasteiger partial charge >= 0.3 is 0 Å². The minimum absolute atomic E-state index is 0.0387. The van der Waals surface area contributed by atoms with Crippen LogP contribution in [0, 0.1) is 22.8 Å². The number of pyridine rings is 1. The fourth-order valence-electron chi connectivity index (χ4n) is 3.35. The Kier molecular flexibility index (Phi) is 6.99. The van der Waals surface area contributed by atoms with Crippen molar-refractivity contribution < 1.29 is 0 Å². The Morgan fingerprint density at radius 2 is 2.00 bits per heavy atom. The lowest BCUT2D eigenvalue weighted by atomic mass is 9.95. The predicted octanol–water partition coefficient (Wildman–Crippen LogP) is 3.73. The number of hydrogen-bond acceptors (Lipinski definition) is 9. The van der Waals surface area contributed by atoms with Crippen LogP contribution in [0.4, 0.5) is 17.3 Å². The maximum atomic E-state index is 9.47. The zero-order chi connectivity index (χ0) is 21.5. The number of guanidine groups is 1. The SMILES string of the molecule is CCCCCCSc1ccccc1C1N=C(NC#N)Nc2nc(N)c(C#N)c(N)c21. The Labute approximate surface area is 180 Å². The van der Waals surface area contributed by atoms with Crippen molar-refractivity contribution in [2.24, 2.45) is 4.99 Å². The topological polar surface area (TPSA) is 149 Å². The summed E-state index contributed by atoms with van der Waals surface area (Å²) in [6.45, 7) is 2.20. The summed E-state index contributed by atoms with van der Waals surface area (Å²) in [4.78, 5) is 10.0. The Hall–Kier alpha value is -3.43. The molecule has 9 heteroatoms. The highest BCUT2D eigenvalue weighted by atomic mass is 32.2. The molecule has 154 valence electrons. The first-order valence-electron chi connectivity index (χ1n) is 9.81. The largest absolute Gasteiger partial charge is 0.397 e. The Morgan fingerprint density at radius 3 is 2.73 bits per heavy atom. The van der Waals surface area contributed by atoms with Gasteiger partial charge in [0.25, 0.3) is 0 Å². The maximum Gasteiger partial charge on any atom is 0.211 e. The summed E-state index contributed by atoms with van der Waals surface area (Å²) in [6.07, 6.45) is 6.65. The van der Waals surface area contributed by atoms with Crippen LogP contribution in [-0.2, 0) is 0 Å². The van der Waals surface area contributed by atoms with Gasteiger partial charge in [0.1, 0.15) is 29.3 Å². The number of anilines is 3. The van der Waals surface area contributed by atoms with Crippen molar-refractivity contribution in [1.29, 1.82) is 10.5 Å². The number of nitriles is 2. The van der Waals surface area contributed by atoms with E-state index in [2.05, 4.69) is 33.6 Å². The second kappa shape index (κ2) is 9.86. The van der Waals surface area contributed by atoms with Gasteiger partial charge in [-0.05, 0) is 23.8 Å². The molecule has 1 aromatic carbocycles. The van der Waals surface area contributed by atoms with Gasteiger partial charge in [0.05, 0.1) is 5.69 Å². The molecule has 0 spiro atoms. The van der Waals surface area contributed by atoms with Crippen LogP contribution in [0.3, 0.4) is 0 Å². The molecule has 0 saturated heterocycles. The molecule has 1 aromatic heterocycles. The summed E-state index contributed by atoms with van der Waals surface area (Å²) in [5.41, 5.74) is 14.2. The van der Waals surface area contributed by atoms with Gasteiger partial charge in [0.2, 0.25) is 5.96 Å². The number of unbranched alkanes of at least 4 members (excludes halogenated alkanes) is 3. The number of rotatable bonds is 7. The summed E-state index contributed by atoms with van der Waals surface area (Å²) in [5.74, 6) is 1.69. The number of thioether (sulfide) groups is 1. The van der Waals surface area contributed by atoms with Gasteiger partial charge in [0, 0.05) is 10.5 Å². The summed E-state index contributed by atoms with van der Waals surface area (Å²) in [5, 5.41) is 24.0. The molecule has 1 atom stereocenters. The van der Waals surface area contributed by atoms with Crippen LogP contribution in [0.25, 0.3) is 0 Å². The number of nitrogen functional groups attached to an aromatic ring is 2. The van der Waals surface area contributed by atoms with Gasteiger partial charge in [-0.25, -0.2) is 9.98 Å². The molecule has 0 amide bonds. The van der Waals surface area contributed by atoms with Crippen LogP contribution in [0.15, 0.2) is 34.2 Å². The number of aromatic nitrogens is 1. The van der Waals surface area contributed by atoms with Gasteiger partial charge in [-0.15, -0.1) is 11.8 Å². The van der Waals surface area contributed by atoms with Crippen LogP contribution in [0.2, 0.25) is 0 Å². The molecule has 3 rings (SSSR count). The van der Waals surface area contributed by atoms with Crippen molar-refractivity contribution in [2.45, 2.75) is 43.5 Å². The first-order chi connectivity index (χ1) is 14.6. The summed E-state index contributed by atoms with van der Waals surface area (Å²) in [7, 11) is 0. The normalized spacial score (nSPS) is 14.6. The summed E-state index contributed by atoms with van der Waals surface area (Å²) in [6, 6.07) is 9.49. The molecular weight excluding hydrogens is 396 g/mol. The quantitative estimate of drug-likeness (QED) is 0.229. The zero-order valence-corrected chi connectivity index (χ0v) is 17.6. The number of fused-ring (bicyclic) bond motifs is 1. The van der Waals surface area contributed by atoms with Gasteiger partial charge in [-0.3, -0.25) is 5.32 Å². The average Bonchev–Trinajstić information content (AvgIpc) is 2.74. The molecule has 2 aromatic rings. The smallest absolute Gasteiger partial charge is 0.211 e. The number of nitrogens with one attached hydrogen (secondary N) is 2. The number of nitrogens with zero attached hydrogens (tertiary/aromatic N) is 4. The van der Waals surface area contributed by atoms with Crippen molar-refractivity contribution in [2.75, 3.05) is 22.5 Å². The lowest BCUT2D eigenvalue weighted by Crippen LogP contribution is -2.32. The van der Waals surface area contributed by atoms with Crippen LogP contribution < -0.4 is 22.1 Å². The first-order valence-corrected chi connectivity index (χ1v) is 10.8. The first kappa shape index (κ1) is 21.3. The molecule has 0 aliphatic carbocycles. The monoisotopic (exact) mass is 420 g/mol. The van der Waals surface area contributed by atoms with Gasteiger partial charge in [-0.2, -0.15) is 10.5 Å². The van der Waals surface area contributed by atoms with Crippen molar-refractivity contribution in [3.63, 3.8) is 0 Å². The molecular formula is C21H24N8S. The van der Waals surface area contributed by atoms with E-state index in [4.69, 9.17) is 16.7 Å². The fourth-order valence-corrected chi connectivity index (χ4v) is 4.44. The third-order valence-corrected chi connectivity index (χ3v) is 6.00. The molecule has 0 fully saturated rings. The number of benzene rings is 1.